The predicted molar refractivity (Wildman–Crippen MR) is 77.7 cm³/mol. The van der Waals surface area contributed by atoms with E-state index >= 15 is 0 Å². The number of nitrogens with two attached hydrogens (primary N) is 1. The molecule has 0 aliphatic carbocycles. The molecule has 0 fully saturated rings. The van der Waals surface area contributed by atoms with Gasteiger partial charge in [0.1, 0.15) is 0 Å². The zero-order valence-electron chi connectivity index (χ0n) is 12.3. The highest BCUT2D eigenvalue weighted by Gasteiger charge is 2.30. The highest BCUT2D eigenvalue weighted by Crippen LogP contribution is 2.38. The number of urea groups is 1. The number of methoxy groups -OCH3 is 2. The van der Waals surface area contributed by atoms with Gasteiger partial charge in [0.2, 0.25) is 0 Å². The van der Waals surface area contributed by atoms with Gasteiger partial charge in [-0.1, -0.05) is 0 Å². The number of hydrogen-bond donors (Lipinski definition) is 1. The van der Waals surface area contributed by atoms with Crippen LogP contribution in [0.1, 0.15) is 5.56 Å². The van der Waals surface area contributed by atoms with Crippen LogP contribution in [0, 0.1) is 0 Å². The molecule has 1 unspecified atom stereocenters. The van der Waals surface area contributed by atoms with Crippen molar-refractivity contribution in [2.24, 2.45) is 5.73 Å². The maximum absolute atomic E-state index is 11.7. The molecule has 110 valence electrons. The molecule has 6 nitrogen and oxygen atoms in total. The smallest absolute Gasteiger partial charge is 0.319 e. The zero-order valence-corrected chi connectivity index (χ0v) is 12.3. The van der Waals surface area contributed by atoms with E-state index in [0.29, 0.717) is 18.0 Å². The van der Waals surface area contributed by atoms with E-state index in [2.05, 4.69) is 4.90 Å². The number of likely N-dealkylation sites (N-methyl/N-ethyl adjacent to an activating group) is 1. The fraction of sp³-hybridized carbons (Fsp3) is 0.500. The molecule has 1 aromatic rings. The molecule has 1 aromatic carbocycles. The lowest BCUT2D eigenvalue weighted by molar-refractivity contribution is 0.245. The Hall–Kier alpha value is -1.95. The predicted octanol–water partition coefficient (Wildman–Crippen LogP) is 1.08. The van der Waals surface area contributed by atoms with Crippen LogP contribution in [-0.2, 0) is 6.42 Å². The lowest BCUT2D eigenvalue weighted by atomic mass is 9.96. The first-order valence-corrected chi connectivity index (χ1v) is 6.46. The van der Waals surface area contributed by atoms with Gasteiger partial charge in [0, 0.05) is 18.7 Å². The zero-order chi connectivity index (χ0) is 14.9. The molecule has 2 amide bonds. The monoisotopic (exact) mass is 279 g/mol. The van der Waals surface area contributed by atoms with Crippen LogP contribution in [0.3, 0.4) is 0 Å². The minimum atomic E-state index is -0.454. The van der Waals surface area contributed by atoms with E-state index in [4.69, 9.17) is 15.2 Å². The summed E-state index contributed by atoms with van der Waals surface area (Å²) in [6.07, 6.45) is 0.840. The number of rotatable bonds is 3. The number of ether oxygens (including phenoxy) is 2. The summed E-state index contributed by atoms with van der Waals surface area (Å²) in [5.41, 5.74) is 7.34. The Labute approximate surface area is 119 Å². The van der Waals surface area contributed by atoms with Gasteiger partial charge < -0.3 is 20.1 Å². The summed E-state index contributed by atoms with van der Waals surface area (Å²) in [6, 6.07) is 3.50. The van der Waals surface area contributed by atoms with Crippen LogP contribution in [0.2, 0.25) is 0 Å². The van der Waals surface area contributed by atoms with Crippen molar-refractivity contribution in [1.29, 1.82) is 0 Å². The summed E-state index contributed by atoms with van der Waals surface area (Å²) in [7, 11) is 7.16. The molecule has 0 aromatic heterocycles. The highest BCUT2D eigenvalue weighted by atomic mass is 16.5. The first-order chi connectivity index (χ1) is 9.47. The van der Waals surface area contributed by atoms with Crippen molar-refractivity contribution >= 4 is 11.7 Å². The Morgan fingerprint density at radius 3 is 2.40 bits per heavy atom. The Bertz CT molecular complexity index is 517. The normalized spacial score (nSPS) is 17.9. The second kappa shape index (κ2) is 5.58. The molecular weight excluding hydrogens is 258 g/mol. The maximum atomic E-state index is 11.7. The van der Waals surface area contributed by atoms with Crippen molar-refractivity contribution < 1.29 is 14.3 Å². The molecule has 20 heavy (non-hydrogen) atoms. The fourth-order valence-corrected chi connectivity index (χ4v) is 2.51. The molecule has 2 N–H and O–H groups in total. The molecule has 0 saturated heterocycles. The third kappa shape index (κ3) is 2.51. The number of hydrogen-bond acceptors (Lipinski definition) is 4. The Balaban J connectivity index is 2.50. The number of fused-ring (bicyclic) bond motifs is 1. The number of carbonyl (C=O) groups is 1. The number of anilines is 1. The van der Waals surface area contributed by atoms with Gasteiger partial charge in [-0.15, -0.1) is 0 Å². The summed E-state index contributed by atoms with van der Waals surface area (Å²) in [5, 5.41) is 0. The molecule has 1 atom stereocenters. The van der Waals surface area contributed by atoms with Crippen LogP contribution in [0.15, 0.2) is 12.1 Å². The molecule has 0 bridgehead atoms. The topological polar surface area (TPSA) is 68.0 Å². The highest BCUT2D eigenvalue weighted by molar-refractivity contribution is 5.92. The van der Waals surface area contributed by atoms with Crippen LogP contribution in [0.4, 0.5) is 10.5 Å². The number of amides is 2. The first-order valence-electron chi connectivity index (χ1n) is 6.46. The van der Waals surface area contributed by atoms with E-state index in [1.807, 2.05) is 26.2 Å². The van der Waals surface area contributed by atoms with Gasteiger partial charge in [-0.3, -0.25) is 4.90 Å². The van der Waals surface area contributed by atoms with Crippen molar-refractivity contribution in [3.63, 3.8) is 0 Å². The van der Waals surface area contributed by atoms with Crippen molar-refractivity contribution in [3.05, 3.63) is 17.7 Å². The SMILES string of the molecule is COc1cc2c(cc1OC)N(C(N)=O)CC(N(C)C)C2. The lowest BCUT2D eigenvalue weighted by Crippen LogP contribution is -2.49. The molecule has 0 saturated carbocycles. The molecule has 0 radical (unpaired) electrons. The Morgan fingerprint density at radius 2 is 1.90 bits per heavy atom. The third-order valence-electron chi connectivity index (χ3n) is 3.72. The van der Waals surface area contributed by atoms with Crippen LogP contribution in [0.25, 0.3) is 0 Å². The number of primary amides is 1. The van der Waals surface area contributed by atoms with Gasteiger partial charge in [0.15, 0.2) is 11.5 Å². The van der Waals surface area contributed by atoms with E-state index in [-0.39, 0.29) is 6.04 Å². The second-order valence-electron chi connectivity index (χ2n) is 5.11. The Kier molecular flexibility index (Phi) is 4.04. The van der Waals surface area contributed by atoms with Crippen molar-refractivity contribution in [2.75, 3.05) is 39.8 Å². The standard InChI is InChI=1S/C14H21N3O3/c1-16(2)10-5-9-6-12(19-3)13(20-4)7-11(9)17(8-10)14(15)18/h6-7,10H,5,8H2,1-4H3,(H2,15,18). The van der Waals surface area contributed by atoms with Crippen LogP contribution >= 0.6 is 0 Å². The summed E-state index contributed by atoms with van der Waals surface area (Å²) < 4.78 is 10.6. The molecule has 2 rings (SSSR count). The molecule has 1 aliphatic heterocycles. The first kappa shape index (κ1) is 14.5. The van der Waals surface area contributed by atoms with Gasteiger partial charge in [-0.2, -0.15) is 0 Å². The Morgan fingerprint density at radius 1 is 1.30 bits per heavy atom. The quantitative estimate of drug-likeness (QED) is 0.899. The van der Waals surface area contributed by atoms with Crippen molar-refractivity contribution in [2.45, 2.75) is 12.5 Å². The number of carbonyl (C=O) groups excluding carboxylic acids is 1. The number of benzene rings is 1. The minimum absolute atomic E-state index is 0.230. The minimum Gasteiger partial charge on any atom is -0.493 e. The van der Waals surface area contributed by atoms with Crippen LogP contribution in [0.5, 0.6) is 11.5 Å². The number of nitrogens with zero attached hydrogens (tertiary/aromatic N) is 2. The molecule has 1 heterocycles. The lowest BCUT2D eigenvalue weighted by Gasteiger charge is -2.37. The largest absolute Gasteiger partial charge is 0.493 e. The van der Waals surface area contributed by atoms with Gasteiger partial charge in [-0.05, 0) is 32.1 Å². The molecular formula is C14H21N3O3. The van der Waals surface area contributed by atoms with E-state index in [1.165, 1.54) is 0 Å². The fourth-order valence-electron chi connectivity index (χ4n) is 2.51. The van der Waals surface area contributed by atoms with Crippen molar-refractivity contribution in [3.8, 4) is 11.5 Å². The van der Waals surface area contributed by atoms with E-state index < -0.39 is 6.03 Å². The van der Waals surface area contributed by atoms with Crippen LogP contribution < -0.4 is 20.1 Å². The van der Waals surface area contributed by atoms with Gasteiger partial charge in [0.25, 0.3) is 0 Å². The van der Waals surface area contributed by atoms with E-state index in [0.717, 1.165) is 17.7 Å². The van der Waals surface area contributed by atoms with E-state index in [1.54, 1.807) is 19.1 Å². The average Bonchev–Trinajstić information content (AvgIpc) is 2.43. The third-order valence-corrected chi connectivity index (χ3v) is 3.72. The summed E-state index contributed by atoms with van der Waals surface area (Å²) in [4.78, 5) is 15.4. The van der Waals surface area contributed by atoms with E-state index in [9.17, 15) is 4.79 Å². The van der Waals surface area contributed by atoms with Gasteiger partial charge in [0.05, 0.1) is 19.9 Å². The molecule has 1 aliphatic rings. The van der Waals surface area contributed by atoms with Crippen LogP contribution in [-0.4, -0.2) is 51.8 Å². The summed E-state index contributed by atoms with van der Waals surface area (Å²) in [6.45, 7) is 0.574. The van der Waals surface area contributed by atoms with Gasteiger partial charge >= 0.3 is 6.03 Å². The molecule has 0 spiro atoms. The second-order valence-corrected chi connectivity index (χ2v) is 5.11. The summed E-state index contributed by atoms with van der Waals surface area (Å²) >= 11 is 0. The molecule has 6 heteroatoms. The summed E-state index contributed by atoms with van der Waals surface area (Å²) in [5.74, 6) is 1.26. The average molecular weight is 279 g/mol. The van der Waals surface area contributed by atoms with Gasteiger partial charge in [-0.25, -0.2) is 4.79 Å². The van der Waals surface area contributed by atoms with Crippen molar-refractivity contribution in [1.82, 2.24) is 4.90 Å². The maximum Gasteiger partial charge on any atom is 0.319 e.